The van der Waals surface area contributed by atoms with Gasteiger partial charge in [-0.15, -0.1) is 0 Å². The van der Waals surface area contributed by atoms with Crippen molar-refractivity contribution < 1.29 is 23.1 Å². The van der Waals surface area contributed by atoms with Crippen molar-refractivity contribution in [1.82, 2.24) is 9.21 Å². The van der Waals surface area contributed by atoms with Gasteiger partial charge in [0.05, 0.1) is 15.5 Å². The van der Waals surface area contributed by atoms with E-state index < -0.39 is 16.0 Å². The molecule has 1 aromatic carbocycles. The molecule has 0 aromatic heterocycles. The molecule has 1 amide bonds. The van der Waals surface area contributed by atoms with Gasteiger partial charge in [0.15, 0.2) is 0 Å². The molecule has 2 heterocycles. The molecule has 2 fully saturated rings. The number of carboxylic acids is 1. The molecule has 26 heavy (non-hydrogen) atoms. The maximum absolute atomic E-state index is 13.1. The van der Waals surface area contributed by atoms with Crippen molar-refractivity contribution in [2.75, 3.05) is 26.7 Å². The molecule has 1 spiro atoms. The lowest BCUT2D eigenvalue weighted by atomic mass is 9.74. The van der Waals surface area contributed by atoms with Gasteiger partial charge in [0.25, 0.3) is 0 Å². The second kappa shape index (κ2) is 6.83. The third-order valence-electron chi connectivity index (χ3n) is 5.30. The summed E-state index contributed by atoms with van der Waals surface area (Å²) in [6.07, 6.45) is 2.68. The fraction of sp³-hybridized carbons (Fsp3) is 0.529. The number of benzene rings is 1. The molecule has 3 rings (SSSR count). The summed E-state index contributed by atoms with van der Waals surface area (Å²) in [6.45, 7) is 1.25. The molecule has 9 heteroatoms. The summed E-state index contributed by atoms with van der Waals surface area (Å²) < 4.78 is 27.5. The second-order valence-electron chi connectivity index (χ2n) is 7.14. The highest BCUT2D eigenvalue weighted by Crippen LogP contribution is 2.40. The Kier molecular flexibility index (Phi) is 5.02. The first kappa shape index (κ1) is 19.1. The van der Waals surface area contributed by atoms with Crippen molar-refractivity contribution in [1.29, 1.82) is 0 Å². The second-order valence-corrected chi connectivity index (χ2v) is 9.48. The van der Waals surface area contributed by atoms with Crippen LogP contribution < -0.4 is 0 Å². The highest BCUT2D eigenvalue weighted by atomic mass is 35.5. The number of hydrogen-bond donors (Lipinski definition) is 1. The van der Waals surface area contributed by atoms with Crippen molar-refractivity contribution in [3.63, 3.8) is 0 Å². The average molecular weight is 401 g/mol. The van der Waals surface area contributed by atoms with E-state index in [1.54, 1.807) is 11.9 Å². The predicted molar refractivity (Wildman–Crippen MR) is 95.7 cm³/mol. The van der Waals surface area contributed by atoms with Crippen LogP contribution in [-0.4, -0.2) is 61.3 Å². The number of likely N-dealkylation sites (tertiary alicyclic amines) is 1. The van der Waals surface area contributed by atoms with Crippen LogP contribution in [0.5, 0.6) is 0 Å². The first-order chi connectivity index (χ1) is 12.1. The van der Waals surface area contributed by atoms with Gasteiger partial charge < -0.3 is 10.0 Å². The standard InChI is InChI=1S/C17H21ClN2O5S/c1-19-10-17(7-5-15(19)21)6-2-8-20(11-17)26(24,25)12-3-4-14(18)13(9-12)16(22)23/h3-4,9H,2,5-8,10-11H2,1H3,(H,22,23). The number of carboxylic acid groups (broad SMARTS) is 1. The molecule has 1 unspecified atom stereocenters. The number of amides is 1. The average Bonchev–Trinajstić information content (AvgIpc) is 2.59. The molecule has 0 saturated carbocycles. The molecular formula is C17H21ClN2O5S. The van der Waals surface area contributed by atoms with Crippen LogP contribution in [0, 0.1) is 5.41 Å². The summed E-state index contributed by atoms with van der Waals surface area (Å²) >= 11 is 5.85. The van der Waals surface area contributed by atoms with Gasteiger partial charge in [-0.25, -0.2) is 13.2 Å². The Hall–Kier alpha value is -1.64. The maximum Gasteiger partial charge on any atom is 0.337 e. The van der Waals surface area contributed by atoms with Crippen molar-refractivity contribution in [3.8, 4) is 0 Å². The number of nitrogens with zero attached hydrogens (tertiary/aromatic N) is 2. The van der Waals surface area contributed by atoms with E-state index in [-0.39, 0.29) is 26.8 Å². The van der Waals surface area contributed by atoms with Gasteiger partial charge in [-0.3, -0.25) is 4.79 Å². The highest BCUT2D eigenvalue weighted by Gasteiger charge is 2.43. The summed E-state index contributed by atoms with van der Waals surface area (Å²) in [6, 6.07) is 3.74. The number of carbonyl (C=O) groups excluding carboxylic acids is 1. The number of hydrogen-bond acceptors (Lipinski definition) is 4. The van der Waals surface area contributed by atoms with Crippen LogP contribution in [0.1, 0.15) is 36.0 Å². The molecule has 1 N–H and O–H groups in total. The first-order valence-corrected chi connectivity index (χ1v) is 10.2. The van der Waals surface area contributed by atoms with E-state index in [1.165, 1.54) is 16.4 Å². The van der Waals surface area contributed by atoms with Crippen LogP contribution in [0.3, 0.4) is 0 Å². The lowest BCUT2D eigenvalue weighted by Crippen LogP contribution is -2.54. The zero-order valence-corrected chi connectivity index (χ0v) is 16.0. The molecular weight excluding hydrogens is 380 g/mol. The molecule has 142 valence electrons. The molecule has 2 aliphatic rings. The van der Waals surface area contributed by atoms with Crippen LogP contribution in [0.4, 0.5) is 0 Å². The van der Waals surface area contributed by atoms with Gasteiger partial charge in [0.2, 0.25) is 15.9 Å². The van der Waals surface area contributed by atoms with Crippen molar-refractivity contribution >= 4 is 33.5 Å². The Morgan fingerprint density at radius 3 is 2.65 bits per heavy atom. The fourth-order valence-corrected chi connectivity index (χ4v) is 5.73. The van der Waals surface area contributed by atoms with Crippen LogP contribution >= 0.6 is 11.6 Å². The summed E-state index contributed by atoms with van der Waals surface area (Å²) in [5.41, 5.74) is -0.474. The lowest BCUT2D eigenvalue weighted by Gasteiger charge is -2.46. The predicted octanol–water partition coefficient (Wildman–Crippen LogP) is 2.06. The summed E-state index contributed by atoms with van der Waals surface area (Å²) in [5.74, 6) is -1.19. The van der Waals surface area contributed by atoms with Crippen molar-refractivity contribution in [2.24, 2.45) is 5.41 Å². The normalized spacial score (nSPS) is 24.8. The summed E-state index contributed by atoms with van der Waals surface area (Å²) in [4.78, 5) is 24.6. The topological polar surface area (TPSA) is 95.0 Å². The minimum atomic E-state index is -3.83. The molecule has 2 aliphatic heterocycles. The van der Waals surface area contributed by atoms with Gasteiger partial charge in [-0.2, -0.15) is 4.31 Å². The highest BCUT2D eigenvalue weighted by molar-refractivity contribution is 7.89. The minimum Gasteiger partial charge on any atom is -0.478 e. The van der Waals surface area contributed by atoms with E-state index >= 15 is 0 Å². The largest absolute Gasteiger partial charge is 0.478 e. The summed E-state index contributed by atoms with van der Waals surface area (Å²) in [7, 11) is -2.09. The molecule has 0 radical (unpaired) electrons. The van der Waals surface area contributed by atoms with Crippen molar-refractivity contribution in [3.05, 3.63) is 28.8 Å². The molecule has 0 aliphatic carbocycles. The van der Waals surface area contributed by atoms with Gasteiger partial charge in [-0.05, 0) is 37.5 Å². The Bertz CT molecular complexity index is 857. The van der Waals surface area contributed by atoms with E-state index in [4.69, 9.17) is 11.6 Å². The number of halogens is 1. The number of aromatic carboxylic acids is 1. The third-order valence-corrected chi connectivity index (χ3v) is 7.47. The van der Waals surface area contributed by atoms with E-state index in [0.717, 1.165) is 12.5 Å². The Balaban J connectivity index is 1.89. The van der Waals surface area contributed by atoms with Crippen LogP contribution in [0.15, 0.2) is 23.1 Å². The molecule has 2 saturated heterocycles. The zero-order chi connectivity index (χ0) is 19.1. The minimum absolute atomic E-state index is 0.000942. The van der Waals surface area contributed by atoms with Crippen molar-refractivity contribution in [2.45, 2.75) is 30.6 Å². The number of rotatable bonds is 3. The van der Waals surface area contributed by atoms with E-state index in [0.29, 0.717) is 38.9 Å². The van der Waals surface area contributed by atoms with Crippen LogP contribution in [0.2, 0.25) is 5.02 Å². The van der Waals surface area contributed by atoms with Gasteiger partial charge in [0, 0.05) is 38.5 Å². The summed E-state index contributed by atoms with van der Waals surface area (Å²) in [5, 5.41) is 9.19. The Labute approximate surface area is 157 Å². The van der Waals surface area contributed by atoms with E-state index in [1.807, 2.05) is 0 Å². The Morgan fingerprint density at radius 2 is 2.00 bits per heavy atom. The SMILES string of the molecule is CN1CC2(CCCN(S(=O)(=O)c3ccc(Cl)c(C(=O)O)c3)C2)CCC1=O. The van der Waals surface area contributed by atoms with Crippen LogP contribution in [-0.2, 0) is 14.8 Å². The maximum atomic E-state index is 13.1. The lowest BCUT2D eigenvalue weighted by molar-refractivity contribution is -0.136. The molecule has 1 atom stereocenters. The Morgan fingerprint density at radius 1 is 1.27 bits per heavy atom. The third kappa shape index (κ3) is 3.45. The van der Waals surface area contributed by atoms with E-state index in [9.17, 15) is 23.1 Å². The fourth-order valence-electron chi connectivity index (χ4n) is 3.91. The van der Waals surface area contributed by atoms with Gasteiger partial charge >= 0.3 is 5.97 Å². The van der Waals surface area contributed by atoms with Gasteiger partial charge in [-0.1, -0.05) is 11.6 Å². The first-order valence-electron chi connectivity index (χ1n) is 8.42. The molecule has 7 nitrogen and oxygen atoms in total. The molecule has 1 aromatic rings. The van der Waals surface area contributed by atoms with Gasteiger partial charge in [0.1, 0.15) is 0 Å². The number of carbonyl (C=O) groups is 2. The molecule has 0 bridgehead atoms. The smallest absolute Gasteiger partial charge is 0.337 e. The number of piperidine rings is 2. The van der Waals surface area contributed by atoms with Crippen LogP contribution in [0.25, 0.3) is 0 Å². The van der Waals surface area contributed by atoms with E-state index in [2.05, 4.69) is 0 Å². The quantitative estimate of drug-likeness (QED) is 0.837. The zero-order valence-electron chi connectivity index (χ0n) is 14.4. The number of sulfonamides is 1. The monoisotopic (exact) mass is 400 g/mol.